The van der Waals surface area contributed by atoms with Gasteiger partial charge in [-0.3, -0.25) is 4.98 Å². The maximum Gasteiger partial charge on any atom is 0.418 e. The van der Waals surface area contributed by atoms with Crippen molar-refractivity contribution in [1.29, 1.82) is 0 Å². The van der Waals surface area contributed by atoms with Crippen LogP contribution in [0.4, 0.5) is 18.9 Å². The lowest BCUT2D eigenvalue weighted by molar-refractivity contribution is -0.136. The molecule has 0 saturated carbocycles. The summed E-state index contributed by atoms with van der Waals surface area (Å²) in [6, 6.07) is 28.3. The van der Waals surface area contributed by atoms with Crippen LogP contribution in [-0.2, 0) is 19.1 Å². The van der Waals surface area contributed by atoms with Crippen molar-refractivity contribution in [3.63, 3.8) is 0 Å². The summed E-state index contributed by atoms with van der Waals surface area (Å²) in [6.45, 7) is 4.86. The number of hydrogen-bond acceptors (Lipinski definition) is 2. The van der Waals surface area contributed by atoms with Crippen molar-refractivity contribution in [3.8, 4) is 11.1 Å². The SMILES string of the molecule is Cc1cccc(CNc2cccc(-c3c(Cc4ccccc4)cnc4c(C(F)(F)F)cccc34)c2)c1C. The largest absolute Gasteiger partial charge is 0.418 e. The Labute approximate surface area is 214 Å². The van der Waals surface area contributed by atoms with Crippen LogP contribution in [0.1, 0.15) is 33.4 Å². The first kappa shape index (κ1) is 24.6. The number of anilines is 1. The average molecular weight is 497 g/mol. The van der Waals surface area contributed by atoms with E-state index in [9.17, 15) is 13.2 Å². The number of fused-ring (bicyclic) bond motifs is 1. The van der Waals surface area contributed by atoms with Crippen LogP contribution in [0.3, 0.4) is 0 Å². The number of para-hydroxylation sites is 1. The molecule has 0 atom stereocenters. The van der Waals surface area contributed by atoms with Crippen LogP contribution in [0, 0.1) is 13.8 Å². The maximum absolute atomic E-state index is 13.8. The van der Waals surface area contributed by atoms with E-state index in [1.165, 1.54) is 22.8 Å². The Balaban J connectivity index is 1.60. The minimum atomic E-state index is -4.49. The molecule has 2 nitrogen and oxygen atoms in total. The molecule has 0 aliphatic carbocycles. The van der Waals surface area contributed by atoms with Crippen LogP contribution in [0.15, 0.2) is 97.2 Å². The molecule has 37 heavy (non-hydrogen) atoms. The second-order valence-electron chi connectivity index (χ2n) is 9.31. The van der Waals surface area contributed by atoms with Gasteiger partial charge in [-0.15, -0.1) is 0 Å². The molecule has 1 aromatic heterocycles. The van der Waals surface area contributed by atoms with Gasteiger partial charge in [0, 0.05) is 23.8 Å². The van der Waals surface area contributed by atoms with E-state index in [-0.39, 0.29) is 5.52 Å². The number of rotatable bonds is 6. The second-order valence-corrected chi connectivity index (χ2v) is 9.31. The molecule has 0 spiro atoms. The van der Waals surface area contributed by atoms with Gasteiger partial charge in [-0.2, -0.15) is 13.2 Å². The molecular formula is C32H27F3N2. The Morgan fingerprint density at radius 1 is 0.784 bits per heavy atom. The number of halogens is 3. The Hall–Kier alpha value is -4.12. The molecule has 4 aromatic carbocycles. The number of aromatic nitrogens is 1. The van der Waals surface area contributed by atoms with Gasteiger partial charge in [0.1, 0.15) is 0 Å². The molecule has 0 amide bonds. The summed E-state index contributed by atoms with van der Waals surface area (Å²) in [7, 11) is 0. The summed E-state index contributed by atoms with van der Waals surface area (Å²) < 4.78 is 41.5. The Morgan fingerprint density at radius 3 is 2.32 bits per heavy atom. The molecule has 0 fully saturated rings. The monoisotopic (exact) mass is 496 g/mol. The lowest BCUT2D eigenvalue weighted by Crippen LogP contribution is -2.07. The Kier molecular flexibility index (Phi) is 6.70. The summed E-state index contributed by atoms with van der Waals surface area (Å²) in [5.74, 6) is 0. The van der Waals surface area contributed by atoms with Crippen molar-refractivity contribution in [2.75, 3.05) is 5.32 Å². The molecular weight excluding hydrogens is 469 g/mol. The minimum Gasteiger partial charge on any atom is -0.381 e. The van der Waals surface area contributed by atoms with E-state index in [0.717, 1.165) is 34.0 Å². The van der Waals surface area contributed by atoms with Crippen LogP contribution in [0.2, 0.25) is 0 Å². The lowest BCUT2D eigenvalue weighted by Gasteiger charge is -2.17. The molecule has 0 aliphatic heterocycles. The standard InChI is InChI=1S/C32H27F3N2/c1-21-9-6-13-25(22(21)2)19-36-27-14-7-12-24(18-27)30-26(17-23-10-4-3-5-11-23)20-37-31-28(30)15-8-16-29(31)32(33,34)35/h3-16,18,20,36H,17,19H2,1-2H3. The number of nitrogens with zero attached hydrogens (tertiary/aromatic N) is 1. The first-order valence-electron chi connectivity index (χ1n) is 12.2. The molecule has 0 aliphatic rings. The quantitative estimate of drug-likeness (QED) is 0.254. The second kappa shape index (κ2) is 10.1. The molecule has 0 bridgehead atoms. The average Bonchev–Trinajstić information content (AvgIpc) is 2.89. The minimum absolute atomic E-state index is 0.0319. The van der Waals surface area contributed by atoms with Crippen LogP contribution in [0.5, 0.6) is 0 Å². The van der Waals surface area contributed by atoms with E-state index in [0.29, 0.717) is 18.4 Å². The van der Waals surface area contributed by atoms with E-state index in [1.54, 1.807) is 12.3 Å². The fourth-order valence-electron chi connectivity index (χ4n) is 4.77. The van der Waals surface area contributed by atoms with Crippen LogP contribution in [-0.4, -0.2) is 4.98 Å². The van der Waals surface area contributed by atoms with Crippen LogP contribution < -0.4 is 5.32 Å². The van der Waals surface area contributed by atoms with E-state index < -0.39 is 11.7 Å². The van der Waals surface area contributed by atoms with Gasteiger partial charge in [0.2, 0.25) is 0 Å². The first-order chi connectivity index (χ1) is 17.8. The van der Waals surface area contributed by atoms with Gasteiger partial charge >= 0.3 is 6.18 Å². The third kappa shape index (κ3) is 5.21. The van der Waals surface area contributed by atoms with Crippen molar-refractivity contribution in [1.82, 2.24) is 4.98 Å². The topological polar surface area (TPSA) is 24.9 Å². The molecule has 186 valence electrons. The predicted octanol–water partition coefficient (Wildman–Crippen LogP) is 8.74. The number of pyridine rings is 1. The lowest BCUT2D eigenvalue weighted by atomic mass is 9.91. The Morgan fingerprint density at radius 2 is 1.54 bits per heavy atom. The van der Waals surface area contributed by atoms with Gasteiger partial charge in [0.05, 0.1) is 11.1 Å². The summed E-state index contributed by atoms with van der Waals surface area (Å²) in [5.41, 5.74) is 7.42. The summed E-state index contributed by atoms with van der Waals surface area (Å²) in [6.07, 6.45) is -2.33. The van der Waals surface area contributed by atoms with Gasteiger partial charge in [0.25, 0.3) is 0 Å². The Bertz CT molecular complexity index is 1560. The number of aryl methyl sites for hydroxylation is 1. The van der Waals surface area contributed by atoms with Crippen molar-refractivity contribution in [2.45, 2.75) is 33.0 Å². The van der Waals surface area contributed by atoms with Gasteiger partial charge in [-0.1, -0.05) is 72.8 Å². The molecule has 1 heterocycles. The van der Waals surface area contributed by atoms with E-state index >= 15 is 0 Å². The smallest absolute Gasteiger partial charge is 0.381 e. The molecule has 5 aromatic rings. The maximum atomic E-state index is 13.8. The number of benzene rings is 4. The van der Waals surface area contributed by atoms with Gasteiger partial charge in [-0.05, 0) is 77.4 Å². The molecule has 0 unspecified atom stereocenters. The highest BCUT2D eigenvalue weighted by Crippen LogP contribution is 2.39. The molecule has 0 saturated heterocycles. The number of alkyl halides is 3. The fraction of sp³-hybridized carbons (Fsp3) is 0.156. The molecule has 5 rings (SSSR count). The van der Waals surface area contributed by atoms with Crippen molar-refractivity contribution < 1.29 is 13.2 Å². The summed E-state index contributed by atoms with van der Waals surface area (Å²) in [4.78, 5) is 4.31. The zero-order valence-corrected chi connectivity index (χ0v) is 20.7. The van der Waals surface area contributed by atoms with E-state index in [4.69, 9.17) is 0 Å². The predicted molar refractivity (Wildman–Crippen MR) is 145 cm³/mol. The van der Waals surface area contributed by atoms with Crippen LogP contribution >= 0.6 is 0 Å². The third-order valence-electron chi connectivity index (χ3n) is 6.87. The highest BCUT2D eigenvalue weighted by atomic mass is 19.4. The van der Waals surface area contributed by atoms with Crippen molar-refractivity contribution >= 4 is 16.6 Å². The number of nitrogens with one attached hydrogen (secondary N) is 1. The van der Waals surface area contributed by atoms with E-state index in [1.807, 2.05) is 60.7 Å². The molecule has 1 N–H and O–H groups in total. The van der Waals surface area contributed by atoms with Gasteiger partial charge in [-0.25, -0.2) is 0 Å². The fourth-order valence-corrected chi connectivity index (χ4v) is 4.77. The highest BCUT2D eigenvalue weighted by Gasteiger charge is 2.33. The zero-order chi connectivity index (χ0) is 26.0. The normalized spacial score (nSPS) is 11.6. The van der Waals surface area contributed by atoms with Crippen molar-refractivity contribution in [2.24, 2.45) is 0 Å². The molecule has 5 heteroatoms. The molecule has 0 radical (unpaired) electrons. The highest BCUT2D eigenvalue weighted by molar-refractivity contribution is 5.98. The summed E-state index contributed by atoms with van der Waals surface area (Å²) >= 11 is 0. The van der Waals surface area contributed by atoms with Gasteiger partial charge < -0.3 is 5.32 Å². The third-order valence-corrected chi connectivity index (χ3v) is 6.87. The first-order valence-corrected chi connectivity index (χ1v) is 12.2. The number of hydrogen-bond donors (Lipinski definition) is 1. The van der Waals surface area contributed by atoms with Crippen molar-refractivity contribution in [3.05, 3.63) is 131 Å². The zero-order valence-electron chi connectivity index (χ0n) is 20.7. The van der Waals surface area contributed by atoms with Gasteiger partial charge in [0.15, 0.2) is 0 Å². The van der Waals surface area contributed by atoms with Crippen LogP contribution in [0.25, 0.3) is 22.0 Å². The van der Waals surface area contributed by atoms with E-state index in [2.05, 4.69) is 36.3 Å². The summed E-state index contributed by atoms with van der Waals surface area (Å²) in [5, 5.41) is 3.99.